The molecule has 8 aromatic carbocycles. The van der Waals surface area contributed by atoms with Gasteiger partial charge >= 0.3 is 394 Å². The molecular weight excluding hydrogens is 804 g/mol. The molecule has 0 spiro atoms. The predicted molar refractivity (Wildman–Crippen MR) is 298 cm³/mol. The number of nitrogens with zero attached hydrogens (tertiary/aromatic N) is 2. The normalized spacial score (nSPS) is 14.2. The van der Waals surface area contributed by atoms with Gasteiger partial charge in [0.05, 0.1) is 0 Å². The molecule has 9 aromatic rings. The molecule has 0 saturated carbocycles. The third kappa shape index (κ3) is 6.66. The van der Waals surface area contributed by atoms with E-state index in [1.54, 1.807) is 25.1 Å². The van der Waals surface area contributed by atoms with E-state index in [-0.39, 0.29) is 43.4 Å². The summed E-state index contributed by atoms with van der Waals surface area (Å²) in [5, 5.41) is -0.834. The first kappa shape index (κ1) is 46.0. The SMILES string of the molecule is [B]/C(C)=C([B])/C([B])=c1/c(-c2ccc(-c3nc4ccccc4n3-c3cccc4ccccc34)cc2)c2c([B])c([B])c([B])c([B])c2c(-c2ccc3c(c2)C(C([B])([B])[B])(C([B])([B])[B])c2ccccc2-3)c1=[B]. The van der Waals surface area contributed by atoms with Crippen LogP contribution < -0.4 is 27.1 Å². The molecule has 16 heteroatoms. The molecule has 0 aliphatic heterocycles. The van der Waals surface area contributed by atoms with Crippen molar-refractivity contribution in [3.63, 3.8) is 0 Å². The monoisotopic (exact) mass is 831 g/mol. The van der Waals surface area contributed by atoms with E-state index in [0.717, 1.165) is 44.4 Å². The van der Waals surface area contributed by atoms with Crippen molar-refractivity contribution in [2.45, 2.75) is 22.6 Å². The van der Waals surface area contributed by atoms with Gasteiger partial charge in [-0.2, -0.15) is 0 Å². The molecule has 27 radical (unpaired) electrons. The molecule has 0 saturated heterocycles. The van der Waals surface area contributed by atoms with Crippen molar-refractivity contribution in [3.05, 3.63) is 166 Å². The molecule has 68 heavy (non-hydrogen) atoms. The summed E-state index contributed by atoms with van der Waals surface area (Å²) in [7, 11) is 95.3. The summed E-state index contributed by atoms with van der Waals surface area (Å²) in [6, 6.07) is 43.1. The van der Waals surface area contributed by atoms with E-state index in [1.807, 2.05) is 84.9 Å². The Morgan fingerprint density at radius 2 is 1.12 bits per heavy atom. The molecule has 0 bridgehead atoms. The fourth-order valence-corrected chi connectivity index (χ4v) is 10.5. The van der Waals surface area contributed by atoms with Crippen molar-refractivity contribution in [1.29, 1.82) is 0 Å². The van der Waals surface area contributed by atoms with E-state index in [1.165, 1.54) is 0 Å². The van der Waals surface area contributed by atoms with Gasteiger partial charge in [-0.3, -0.25) is 0 Å². The molecule has 0 atom stereocenters. The zero-order valence-corrected chi connectivity index (χ0v) is 37.2. The van der Waals surface area contributed by atoms with Gasteiger partial charge in [0.25, 0.3) is 0 Å². The van der Waals surface area contributed by atoms with Crippen molar-refractivity contribution in [1.82, 2.24) is 9.55 Å². The summed E-state index contributed by atoms with van der Waals surface area (Å²) < 4.78 is 2.17. The van der Waals surface area contributed by atoms with Crippen molar-refractivity contribution in [3.8, 4) is 50.5 Å². The third-order valence-corrected chi connectivity index (χ3v) is 13.6. The molecule has 1 aliphatic carbocycles. The number of hydrogen-bond acceptors (Lipinski definition) is 1. The number of hydrogen-bond donors (Lipinski definition) is 0. The van der Waals surface area contributed by atoms with E-state index in [4.69, 9.17) is 114 Å². The summed E-state index contributed by atoms with van der Waals surface area (Å²) in [6.07, 6.45) is 0. The van der Waals surface area contributed by atoms with Crippen LogP contribution in [0.2, 0.25) is 10.2 Å². The van der Waals surface area contributed by atoms with Crippen LogP contribution in [0.4, 0.5) is 0 Å². The number of fused-ring (bicyclic) bond motifs is 6. The number of para-hydroxylation sites is 2. The second-order valence-corrected chi connectivity index (χ2v) is 17.7. The number of aromatic nitrogens is 2. The van der Waals surface area contributed by atoms with E-state index in [2.05, 4.69) is 34.9 Å². The first-order valence-electron chi connectivity index (χ1n) is 21.7. The molecule has 0 fully saturated rings. The van der Waals surface area contributed by atoms with Gasteiger partial charge in [0.15, 0.2) is 0 Å². The zero-order chi connectivity index (χ0) is 48.4. The first-order valence-corrected chi connectivity index (χ1v) is 21.7. The van der Waals surface area contributed by atoms with Gasteiger partial charge in [0.2, 0.25) is 0 Å². The van der Waals surface area contributed by atoms with Gasteiger partial charge in [-0.05, 0) is 0 Å². The number of imidazole rings is 1. The average Bonchev–Trinajstić information content (AvgIpc) is 3.86. The molecule has 1 heterocycles. The molecular formula is C52H25B14N2. The van der Waals surface area contributed by atoms with Crippen LogP contribution in [0.1, 0.15) is 18.1 Å². The third-order valence-electron chi connectivity index (χ3n) is 13.6. The fourth-order valence-electron chi connectivity index (χ4n) is 10.5. The van der Waals surface area contributed by atoms with E-state index in [9.17, 15) is 0 Å². The van der Waals surface area contributed by atoms with E-state index >= 15 is 0 Å². The van der Waals surface area contributed by atoms with E-state index in [0.29, 0.717) is 54.9 Å². The van der Waals surface area contributed by atoms with Gasteiger partial charge in [-0.1, -0.05) is 24.3 Å². The molecule has 285 valence electrons. The maximum atomic E-state index is 7.48. The van der Waals surface area contributed by atoms with Crippen molar-refractivity contribution in [2.75, 3.05) is 0 Å². The van der Waals surface area contributed by atoms with Crippen molar-refractivity contribution in [2.24, 2.45) is 0 Å². The van der Waals surface area contributed by atoms with Crippen LogP contribution >= 0.6 is 0 Å². The summed E-state index contributed by atoms with van der Waals surface area (Å²) in [5.41, 5.74) is 6.81. The Labute approximate surface area is 415 Å². The topological polar surface area (TPSA) is 17.8 Å². The number of rotatable bonds is 7. The molecule has 10 rings (SSSR count). The van der Waals surface area contributed by atoms with Crippen LogP contribution in [-0.4, -0.2) is 119 Å². The Morgan fingerprint density at radius 1 is 0.559 bits per heavy atom. The zero-order valence-electron chi connectivity index (χ0n) is 37.2. The van der Waals surface area contributed by atoms with Crippen LogP contribution in [0.5, 0.6) is 0 Å². The second-order valence-electron chi connectivity index (χ2n) is 17.7. The fraction of sp³-hybridized carbons (Fsp3) is 0.0769. The Hall–Kier alpha value is -5.73. The molecule has 0 amide bonds. The Morgan fingerprint density at radius 3 is 1.79 bits per heavy atom. The molecule has 0 unspecified atom stereocenters. The molecule has 2 nitrogen and oxygen atoms in total. The quantitative estimate of drug-likeness (QED) is 0.226. The van der Waals surface area contributed by atoms with Gasteiger partial charge < -0.3 is 0 Å². The standard InChI is InChI=1S/C52H25B14N2/c1-24(53)42(54)46(58)41-37(26-17-19-27(20-18-26)49-67-34-14-6-7-15-36(34)68(49)35-16-8-10-25-9-2-3-11-29(25)35)39-40(45(57)48(60)47(59)44(39)56)38(43(41)55)28-21-22-31-30-12-4-5-13-32(30)50(33(31)23-28,51(61,62)63)52(64,65)66/h2-23H,1H3/b42-24-,46-41+. The van der Waals surface area contributed by atoms with Crippen molar-refractivity contribution >= 4 is 169 Å². The van der Waals surface area contributed by atoms with Gasteiger partial charge in [0, 0.05) is 0 Å². The second kappa shape index (κ2) is 16.5. The van der Waals surface area contributed by atoms with Gasteiger partial charge in [-0.25, -0.2) is 0 Å². The summed E-state index contributed by atoms with van der Waals surface area (Å²) >= 11 is 0. The Balaban J connectivity index is 1.29. The Bertz CT molecular complexity index is 3750. The summed E-state index contributed by atoms with van der Waals surface area (Å²) in [6.45, 7) is 1.64. The minimum absolute atomic E-state index is 0.0453. The van der Waals surface area contributed by atoms with Crippen molar-refractivity contribution < 1.29 is 0 Å². The first-order chi connectivity index (χ1) is 32.3. The Kier molecular flexibility index (Phi) is 11.1. The molecule has 1 aliphatic rings. The molecule has 0 N–H and O–H groups in total. The van der Waals surface area contributed by atoms with Gasteiger partial charge in [0.1, 0.15) is 0 Å². The van der Waals surface area contributed by atoms with Crippen LogP contribution in [0.3, 0.4) is 0 Å². The maximum absolute atomic E-state index is 7.48. The van der Waals surface area contributed by atoms with Crippen LogP contribution in [0, 0.1) is 5.11 Å². The van der Waals surface area contributed by atoms with Crippen LogP contribution in [-0.2, 0) is 5.41 Å². The number of allylic oxidation sites excluding steroid dienone is 2. The van der Waals surface area contributed by atoms with Gasteiger partial charge in [-0.15, -0.1) is 0 Å². The summed E-state index contributed by atoms with van der Waals surface area (Å²) in [5.74, 6) is 0.717. The average molecular weight is 829 g/mol. The van der Waals surface area contributed by atoms with Crippen LogP contribution in [0.25, 0.3) is 88.5 Å². The minimum atomic E-state index is -2.10. The molecule has 1 aromatic heterocycles. The number of benzene rings is 8. The summed E-state index contributed by atoms with van der Waals surface area (Å²) in [4.78, 5) is 5.16. The van der Waals surface area contributed by atoms with E-state index < -0.39 is 15.6 Å². The van der Waals surface area contributed by atoms with Crippen LogP contribution in [0.15, 0.2) is 144 Å². The predicted octanol–water partition coefficient (Wildman–Crippen LogP) is 3.20.